The van der Waals surface area contributed by atoms with Gasteiger partial charge in [-0.2, -0.15) is 37.9 Å². The van der Waals surface area contributed by atoms with E-state index in [1.165, 1.54) is 0 Å². The van der Waals surface area contributed by atoms with Crippen LogP contribution in [0.15, 0.2) is 0 Å². The molecule has 1 aliphatic heterocycles. The van der Waals surface area contributed by atoms with Crippen LogP contribution in [0.1, 0.15) is 6.92 Å². The van der Waals surface area contributed by atoms with Gasteiger partial charge in [-0.25, -0.2) is 0 Å². The first-order chi connectivity index (χ1) is 9.07. The first-order valence-electron chi connectivity index (χ1n) is 6.70. The van der Waals surface area contributed by atoms with Gasteiger partial charge in [-0.15, -0.1) is 0 Å². The topological polar surface area (TPSA) is 36.9 Å². The van der Waals surface area contributed by atoms with Gasteiger partial charge in [0.2, 0.25) is 0 Å². The fourth-order valence-corrected chi connectivity index (χ4v) is 25.2. The highest BCUT2D eigenvalue weighted by Gasteiger charge is 2.55. The second-order valence-electron chi connectivity index (χ2n) is 5.77. The Morgan fingerprint density at radius 2 is 0.850 bits per heavy atom. The molecule has 1 saturated heterocycles. The largest absolute Gasteiger partial charge is 0.415 e. The van der Waals surface area contributed by atoms with Crippen LogP contribution in [0.2, 0.25) is 32.2 Å². The van der Waals surface area contributed by atoms with Crippen molar-refractivity contribution in [3.63, 3.8) is 0 Å². The Kier molecular flexibility index (Phi) is 7.04. The Morgan fingerprint density at radius 1 is 0.600 bits per heavy atom. The normalized spacial score (nSPS) is 46.8. The predicted molar refractivity (Wildman–Crippen MR) is 103 cm³/mol. The van der Waals surface area contributed by atoms with Crippen LogP contribution in [0.3, 0.4) is 0 Å². The van der Waals surface area contributed by atoms with Crippen LogP contribution >= 0.6 is 37.9 Å². The van der Waals surface area contributed by atoms with Crippen LogP contribution in [-0.2, 0) is 16.5 Å². The molecular formula is C9H26O4S3Si4. The molecule has 120 valence electrons. The van der Waals surface area contributed by atoms with Crippen molar-refractivity contribution >= 4 is 72.1 Å². The van der Waals surface area contributed by atoms with Crippen LogP contribution in [0.4, 0.5) is 0 Å². The van der Waals surface area contributed by atoms with Gasteiger partial charge >= 0.3 is 34.2 Å². The van der Waals surface area contributed by atoms with Gasteiger partial charge in [-0.3, -0.25) is 0 Å². The second kappa shape index (κ2) is 7.11. The summed E-state index contributed by atoms with van der Waals surface area (Å²) in [6.07, 6.45) is 0. The van der Waals surface area contributed by atoms with E-state index in [2.05, 4.69) is 51.4 Å². The van der Waals surface area contributed by atoms with Gasteiger partial charge in [0.1, 0.15) is 0 Å². The summed E-state index contributed by atoms with van der Waals surface area (Å²) in [7, 11) is -9.52. The van der Waals surface area contributed by atoms with Gasteiger partial charge < -0.3 is 16.5 Å². The lowest BCUT2D eigenvalue weighted by atomic mass is 11.0. The molecule has 0 spiro atoms. The molecule has 1 heterocycles. The lowest BCUT2D eigenvalue weighted by molar-refractivity contribution is 0.233. The van der Waals surface area contributed by atoms with Crippen molar-refractivity contribution in [1.29, 1.82) is 0 Å². The third kappa shape index (κ3) is 4.88. The maximum Gasteiger partial charge on any atom is 0.327 e. The van der Waals surface area contributed by atoms with Crippen molar-refractivity contribution < 1.29 is 16.5 Å². The lowest BCUT2D eigenvalue weighted by Gasteiger charge is -2.49. The summed E-state index contributed by atoms with van der Waals surface area (Å²) in [4.78, 5) is 0. The molecule has 1 fully saturated rings. The van der Waals surface area contributed by atoms with Gasteiger partial charge in [0.15, 0.2) is 0 Å². The molecule has 11 heteroatoms. The molecule has 0 bridgehead atoms. The molecule has 2 atom stereocenters. The molecule has 2 unspecified atom stereocenters. The van der Waals surface area contributed by atoms with Gasteiger partial charge in [0.05, 0.1) is 0 Å². The molecular weight excluding hydrogens is 381 g/mol. The summed E-state index contributed by atoms with van der Waals surface area (Å²) in [5.41, 5.74) is 0. The summed E-state index contributed by atoms with van der Waals surface area (Å²) in [6.45, 7) is 10.3. The molecule has 0 amide bonds. The average molecular weight is 407 g/mol. The quantitative estimate of drug-likeness (QED) is 0.496. The van der Waals surface area contributed by atoms with E-state index in [0.717, 1.165) is 6.04 Å². The maximum absolute atomic E-state index is 6.44. The van der Waals surface area contributed by atoms with E-state index >= 15 is 0 Å². The highest BCUT2D eigenvalue weighted by molar-refractivity contribution is 7.83. The number of thiol groups is 3. The fourth-order valence-electron chi connectivity index (χ4n) is 2.25. The smallest absolute Gasteiger partial charge is 0.327 e. The van der Waals surface area contributed by atoms with Crippen LogP contribution in [0, 0.1) is 0 Å². The summed E-state index contributed by atoms with van der Waals surface area (Å²) < 4.78 is 25.7. The molecule has 0 N–H and O–H groups in total. The minimum atomic E-state index is -2.42. The number of rotatable bonds is 4. The maximum atomic E-state index is 6.44. The van der Waals surface area contributed by atoms with Crippen LogP contribution < -0.4 is 0 Å². The molecule has 0 radical (unpaired) electrons. The highest BCUT2D eigenvalue weighted by atomic mass is 32.1. The Hall–Kier alpha value is 1.76. The van der Waals surface area contributed by atoms with Crippen molar-refractivity contribution in [2.75, 3.05) is 16.1 Å². The Labute approximate surface area is 143 Å². The van der Waals surface area contributed by atoms with Crippen molar-refractivity contribution in [3.8, 4) is 0 Å². The molecule has 0 saturated carbocycles. The van der Waals surface area contributed by atoms with E-state index in [0.29, 0.717) is 16.1 Å². The van der Waals surface area contributed by atoms with Crippen LogP contribution in [0.25, 0.3) is 0 Å². The third-order valence-corrected chi connectivity index (χ3v) is 25.2. The minimum Gasteiger partial charge on any atom is -0.415 e. The zero-order valence-electron chi connectivity index (χ0n) is 12.8. The zero-order chi connectivity index (χ0) is 15.7. The van der Waals surface area contributed by atoms with Gasteiger partial charge in [0.25, 0.3) is 0 Å². The second-order valence-corrected chi connectivity index (χ2v) is 22.6. The molecule has 1 aliphatic rings. The van der Waals surface area contributed by atoms with Crippen LogP contribution in [-0.4, -0.2) is 50.4 Å². The summed E-state index contributed by atoms with van der Waals surface area (Å²) in [5.74, 6) is 0. The van der Waals surface area contributed by atoms with Gasteiger partial charge in [-0.1, -0.05) is 6.92 Å². The standard InChI is InChI=1S/C9H26O4S3Si4/c1-6-17(2)10-18(3,7-14)12-20(5,9-16)13-19(4,8-15)11-17/h14-16H,6-9H2,1-5H3. The first kappa shape index (κ1) is 19.8. The van der Waals surface area contributed by atoms with Gasteiger partial charge in [0, 0.05) is 16.1 Å². The highest BCUT2D eigenvalue weighted by Crippen LogP contribution is 2.33. The molecule has 0 aromatic heterocycles. The van der Waals surface area contributed by atoms with E-state index in [1.807, 2.05) is 19.6 Å². The van der Waals surface area contributed by atoms with E-state index in [-0.39, 0.29) is 0 Å². The third-order valence-electron chi connectivity index (χ3n) is 3.23. The summed E-state index contributed by atoms with van der Waals surface area (Å²) in [5, 5.41) is 1.77. The molecule has 0 aromatic carbocycles. The number of hydrogen-bond donors (Lipinski definition) is 3. The van der Waals surface area contributed by atoms with Crippen LogP contribution in [0.5, 0.6) is 0 Å². The summed E-state index contributed by atoms with van der Waals surface area (Å²) in [6, 6.07) is 0.867. The zero-order valence-corrected chi connectivity index (χ0v) is 19.5. The molecule has 1 rings (SSSR count). The van der Waals surface area contributed by atoms with E-state index in [9.17, 15) is 0 Å². The van der Waals surface area contributed by atoms with E-state index in [4.69, 9.17) is 16.5 Å². The molecule has 4 nitrogen and oxygen atoms in total. The van der Waals surface area contributed by atoms with Crippen molar-refractivity contribution in [3.05, 3.63) is 0 Å². The SMILES string of the molecule is CC[Si]1(C)O[Si](C)(CS)O[Si](C)(CS)O[Si](C)(CS)O1. The number of hydrogen-bond acceptors (Lipinski definition) is 7. The Bertz CT molecular complexity index is 277. The van der Waals surface area contributed by atoms with Crippen molar-refractivity contribution in [2.24, 2.45) is 0 Å². The monoisotopic (exact) mass is 406 g/mol. The lowest BCUT2D eigenvalue weighted by Crippen LogP contribution is -2.69. The van der Waals surface area contributed by atoms with Crippen molar-refractivity contribution in [2.45, 2.75) is 39.2 Å². The predicted octanol–water partition coefficient (Wildman–Crippen LogP) is 2.78. The average Bonchev–Trinajstić information content (AvgIpc) is 2.36. The molecule has 0 aromatic rings. The molecule has 0 aliphatic carbocycles. The summed E-state index contributed by atoms with van der Waals surface area (Å²) >= 11 is 13.3. The molecule has 20 heavy (non-hydrogen) atoms. The van der Waals surface area contributed by atoms with Gasteiger partial charge in [-0.05, 0) is 32.2 Å². The first-order valence-corrected chi connectivity index (χ1v) is 18.7. The Morgan fingerprint density at radius 3 is 1.05 bits per heavy atom. The van der Waals surface area contributed by atoms with E-state index < -0.39 is 34.2 Å². The minimum absolute atomic E-state index is 0.580. The van der Waals surface area contributed by atoms with E-state index in [1.54, 1.807) is 0 Å². The van der Waals surface area contributed by atoms with Crippen molar-refractivity contribution in [1.82, 2.24) is 0 Å². The fraction of sp³-hybridized carbons (Fsp3) is 1.00. The Balaban J connectivity index is 3.18.